The number of amides is 2. The van der Waals surface area contributed by atoms with Crippen LogP contribution < -0.4 is 14.9 Å². The first kappa shape index (κ1) is 24.3. The van der Waals surface area contributed by atoms with Crippen molar-refractivity contribution in [2.24, 2.45) is 0 Å². The highest BCUT2D eigenvalue weighted by Gasteiger charge is 2.30. The van der Waals surface area contributed by atoms with Gasteiger partial charge in [0.2, 0.25) is 15.9 Å². The maximum Gasteiger partial charge on any atom is 0.251 e. The van der Waals surface area contributed by atoms with Gasteiger partial charge in [-0.15, -0.1) is 0 Å². The van der Waals surface area contributed by atoms with Gasteiger partial charge >= 0.3 is 0 Å². The molecule has 184 valence electrons. The van der Waals surface area contributed by atoms with E-state index < -0.39 is 27.7 Å². The maximum absolute atomic E-state index is 13.6. The van der Waals surface area contributed by atoms with E-state index in [1.54, 1.807) is 12.1 Å². The molecular weight excluding hydrogens is 477 g/mol. The number of aromatic nitrogens is 2. The number of rotatable bonds is 6. The molecule has 3 aromatic rings. The Bertz CT molecular complexity index is 1410. The van der Waals surface area contributed by atoms with E-state index in [1.807, 2.05) is 0 Å². The molecule has 3 heterocycles. The van der Waals surface area contributed by atoms with E-state index >= 15 is 0 Å². The predicted octanol–water partition coefficient (Wildman–Crippen LogP) is 1.62. The molecule has 2 aromatic heterocycles. The highest BCUT2D eigenvalue weighted by molar-refractivity contribution is 7.92. The van der Waals surface area contributed by atoms with E-state index in [2.05, 4.69) is 20.6 Å². The summed E-state index contributed by atoms with van der Waals surface area (Å²) in [6.45, 7) is 0.171. The smallest absolute Gasteiger partial charge is 0.251 e. The fraction of sp³-hybridized carbons (Fsp3) is 0.304. The highest BCUT2D eigenvalue weighted by atomic mass is 32.2. The van der Waals surface area contributed by atoms with Crippen LogP contribution in [-0.2, 0) is 27.8 Å². The summed E-state index contributed by atoms with van der Waals surface area (Å²) in [6, 6.07) is 6.89. The van der Waals surface area contributed by atoms with Crippen LogP contribution in [0.15, 0.2) is 36.5 Å². The monoisotopic (exact) mass is 501 g/mol. The minimum Gasteiger partial charge on any atom is -0.504 e. The molecular formula is C23H24FN5O5S. The van der Waals surface area contributed by atoms with Crippen LogP contribution in [-0.4, -0.2) is 54.7 Å². The van der Waals surface area contributed by atoms with Crippen molar-refractivity contribution in [2.45, 2.75) is 25.8 Å². The van der Waals surface area contributed by atoms with Gasteiger partial charge in [-0.2, -0.15) is 0 Å². The predicted molar refractivity (Wildman–Crippen MR) is 127 cm³/mol. The number of carbonyl (C=O) groups excluding carboxylic acids is 2. The number of hydrogen-bond donors (Lipinski definition) is 3. The Hall–Kier alpha value is -3.80. The SMILES string of the molecule is CNC(=O)c1cc(F)ccc1CNC(=O)Cc1nc(N2CCCCS2(=O)=O)c2cccnc2c1O. The quantitative estimate of drug-likeness (QED) is 0.466. The molecule has 0 bridgehead atoms. The summed E-state index contributed by atoms with van der Waals surface area (Å²) in [5, 5.41) is 16.2. The van der Waals surface area contributed by atoms with Crippen molar-refractivity contribution in [1.29, 1.82) is 0 Å². The van der Waals surface area contributed by atoms with Gasteiger partial charge in [0, 0.05) is 37.3 Å². The molecule has 35 heavy (non-hydrogen) atoms. The molecule has 1 fully saturated rings. The van der Waals surface area contributed by atoms with E-state index in [0.717, 1.165) is 6.07 Å². The summed E-state index contributed by atoms with van der Waals surface area (Å²) in [5.41, 5.74) is 0.592. The third-order valence-electron chi connectivity index (χ3n) is 5.72. The maximum atomic E-state index is 13.6. The first-order chi connectivity index (χ1) is 16.7. The Kier molecular flexibility index (Phi) is 6.83. The zero-order valence-electron chi connectivity index (χ0n) is 18.9. The second-order valence-corrected chi connectivity index (χ2v) is 10.1. The van der Waals surface area contributed by atoms with E-state index in [0.29, 0.717) is 23.8 Å². The van der Waals surface area contributed by atoms with Crippen LogP contribution in [0.5, 0.6) is 5.75 Å². The zero-order valence-corrected chi connectivity index (χ0v) is 19.7. The van der Waals surface area contributed by atoms with Crippen LogP contribution >= 0.6 is 0 Å². The standard InChI is InChI=1S/C23H24FN5O5S/c1-25-23(32)17-11-15(24)7-6-14(17)13-27-19(30)12-18-21(31)20-16(5-4-8-26-20)22(28-18)29-9-2-3-10-35(29,33)34/h4-8,11,31H,2-3,9-10,12-13H2,1H3,(H,25,32)(H,27,30). The normalized spacial score (nSPS) is 15.1. The first-order valence-electron chi connectivity index (χ1n) is 11.0. The molecule has 0 unspecified atom stereocenters. The lowest BCUT2D eigenvalue weighted by Gasteiger charge is -2.28. The van der Waals surface area contributed by atoms with Gasteiger partial charge in [-0.25, -0.2) is 17.8 Å². The number of aromatic hydroxyl groups is 1. The molecule has 0 atom stereocenters. The van der Waals surface area contributed by atoms with Gasteiger partial charge in [-0.3, -0.25) is 18.9 Å². The Morgan fingerprint density at radius 1 is 1.23 bits per heavy atom. The Balaban J connectivity index is 1.62. The summed E-state index contributed by atoms with van der Waals surface area (Å²) in [5.74, 6) is -1.84. The topological polar surface area (TPSA) is 142 Å². The van der Waals surface area contributed by atoms with Gasteiger partial charge in [-0.05, 0) is 42.7 Å². The van der Waals surface area contributed by atoms with Crippen LogP contribution in [0.4, 0.5) is 10.2 Å². The van der Waals surface area contributed by atoms with Crippen molar-refractivity contribution in [3.63, 3.8) is 0 Å². The molecule has 1 saturated heterocycles. The van der Waals surface area contributed by atoms with Crippen molar-refractivity contribution >= 4 is 38.6 Å². The summed E-state index contributed by atoms with van der Waals surface area (Å²) in [6.07, 6.45) is 2.29. The number of nitrogens with one attached hydrogen (secondary N) is 2. The number of anilines is 1. The minimum atomic E-state index is -3.60. The lowest BCUT2D eigenvalue weighted by molar-refractivity contribution is -0.120. The van der Waals surface area contributed by atoms with Crippen molar-refractivity contribution in [3.05, 3.63) is 59.2 Å². The molecule has 2 amide bonds. The number of pyridine rings is 2. The van der Waals surface area contributed by atoms with Crippen LogP contribution in [0.1, 0.15) is 34.5 Å². The zero-order chi connectivity index (χ0) is 25.2. The van der Waals surface area contributed by atoms with E-state index in [9.17, 15) is 27.5 Å². The average molecular weight is 502 g/mol. The Morgan fingerprint density at radius 3 is 2.77 bits per heavy atom. The number of halogens is 1. The van der Waals surface area contributed by atoms with Gasteiger partial charge in [0.15, 0.2) is 11.6 Å². The Labute approximate surface area is 201 Å². The molecule has 10 nitrogen and oxygen atoms in total. The number of nitrogens with zero attached hydrogens (tertiary/aromatic N) is 3. The van der Waals surface area contributed by atoms with Crippen LogP contribution in [0.3, 0.4) is 0 Å². The number of fused-ring (bicyclic) bond motifs is 1. The molecule has 1 aliphatic rings. The summed E-state index contributed by atoms with van der Waals surface area (Å²) >= 11 is 0. The average Bonchev–Trinajstić information content (AvgIpc) is 2.84. The first-order valence-corrected chi connectivity index (χ1v) is 12.6. The van der Waals surface area contributed by atoms with Crippen molar-refractivity contribution in [1.82, 2.24) is 20.6 Å². The number of sulfonamides is 1. The minimum absolute atomic E-state index is 0.0154. The molecule has 0 aliphatic carbocycles. The van der Waals surface area contributed by atoms with E-state index in [4.69, 9.17) is 0 Å². The Morgan fingerprint density at radius 2 is 2.03 bits per heavy atom. The molecule has 12 heteroatoms. The third kappa shape index (κ3) is 5.02. The molecule has 0 radical (unpaired) electrons. The van der Waals surface area contributed by atoms with E-state index in [1.165, 1.54) is 29.7 Å². The fourth-order valence-electron chi connectivity index (χ4n) is 3.95. The van der Waals surface area contributed by atoms with Crippen molar-refractivity contribution in [2.75, 3.05) is 23.7 Å². The summed E-state index contributed by atoms with van der Waals surface area (Å²) in [7, 11) is -2.18. The second kappa shape index (κ2) is 9.82. The molecule has 4 rings (SSSR count). The number of hydrogen-bond acceptors (Lipinski definition) is 7. The molecule has 3 N–H and O–H groups in total. The number of carbonyl (C=O) groups is 2. The van der Waals surface area contributed by atoms with Crippen molar-refractivity contribution < 1.29 is 27.5 Å². The fourth-order valence-corrected chi connectivity index (χ4v) is 5.55. The lowest BCUT2D eigenvalue weighted by Crippen LogP contribution is -2.38. The summed E-state index contributed by atoms with van der Waals surface area (Å²) in [4.78, 5) is 33.3. The van der Waals surface area contributed by atoms with Gasteiger partial charge in [0.05, 0.1) is 17.9 Å². The van der Waals surface area contributed by atoms with E-state index in [-0.39, 0.29) is 53.6 Å². The van der Waals surface area contributed by atoms with Crippen LogP contribution in [0.25, 0.3) is 10.9 Å². The lowest BCUT2D eigenvalue weighted by atomic mass is 10.1. The van der Waals surface area contributed by atoms with Gasteiger partial charge < -0.3 is 15.7 Å². The van der Waals surface area contributed by atoms with Crippen molar-refractivity contribution in [3.8, 4) is 5.75 Å². The molecule has 0 spiro atoms. The summed E-state index contributed by atoms with van der Waals surface area (Å²) < 4.78 is 40.2. The number of benzene rings is 1. The molecule has 1 aromatic carbocycles. The van der Waals surface area contributed by atoms with Gasteiger partial charge in [-0.1, -0.05) is 6.07 Å². The molecule has 0 saturated carbocycles. The molecule has 1 aliphatic heterocycles. The highest BCUT2D eigenvalue weighted by Crippen LogP contribution is 2.35. The second-order valence-electron chi connectivity index (χ2n) is 8.06. The third-order valence-corrected chi connectivity index (χ3v) is 7.55. The van der Waals surface area contributed by atoms with Crippen LogP contribution in [0, 0.1) is 5.82 Å². The largest absolute Gasteiger partial charge is 0.504 e. The van der Waals surface area contributed by atoms with Gasteiger partial charge in [0.1, 0.15) is 11.3 Å². The van der Waals surface area contributed by atoms with Crippen LogP contribution in [0.2, 0.25) is 0 Å². The van der Waals surface area contributed by atoms with Gasteiger partial charge in [0.25, 0.3) is 5.91 Å².